The molecule has 1 saturated heterocycles. The molecule has 3 fully saturated rings. The van der Waals surface area contributed by atoms with E-state index < -0.39 is 6.61 Å². The van der Waals surface area contributed by atoms with Crippen LogP contribution in [0.4, 0.5) is 14.6 Å². The van der Waals surface area contributed by atoms with Crippen LogP contribution in [0, 0.1) is 16.7 Å². The Balaban J connectivity index is 1.21. The molecule has 2 heterocycles. The first kappa shape index (κ1) is 23.1. The summed E-state index contributed by atoms with van der Waals surface area (Å²) in [4.78, 5) is 6.48. The summed E-state index contributed by atoms with van der Waals surface area (Å²) in [6, 6.07) is 2.48. The number of alkyl halides is 2. The standard InChI is InChI=1S/C23H33F2N5O2/c1-15(2-4-23-12-17(23)11-18(13-23)30-6-8-31-9-7-30)28-5-3-19(26)16-10-20(32-22(24)25)21(27)29-14-16/h3,5,10,14-15,17-18,22,26,28H,2,4,6-9,11-13H2,1H3,(H2,27,29)/p+1/b5-3-,26-19?/t15?,17-,18-,23-/m0/s1. The molecule has 0 aromatic carbocycles. The first-order valence-corrected chi connectivity index (χ1v) is 11.5. The number of hydrogen-bond acceptors (Lipinski definition) is 6. The fraction of sp³-hybridized carbons (Fsp3) is 0.652. The lowest BCUT2D eigenvalue weighted by atomic mass is 9.93. The predicted octanol–water partition coefficient (Wildman–Crippen LogP) is 2.38. The van der Waals surface area contributed by atoms with Crippen molar-refractivity contribution in [3.05, 3.63) is 30.1 Å². The Morgan fingerprint density at radius 3 is 2.97 bits per heavy atom. The molecule has 0 spiro atoms. The molecule has 2 saturated carbocycles. The van der Waals surface area contributed by atoms with E-state index in [1.807, 2.05) is 6.20 Å². The average molecular weight is 451 g/mol. The molecule has 1 aliphatic heterocycles. The number of morpholine rings is 1. The third-order valence-corrected chi connectivity index (χ3v) is 7.33. The number of pyridine rings is 1. The van der Waals surface area contributed by atoms with Gasteiger partial charge in [-0.05, 0) is 56.4 Å². The third kappa shape index (κ3) is 5.44. The van der Waals surface area contributed by atoms with E-state index in [0.717, 1.165) is 44.7 Å². The van der Waals surface area contributed by atoms with Crippen LogP contribution in [0.1, 0.15) is 44.6 Å². The monoisotopic (exact) mass is 450 g/mol. The Morgan fingerprint density at radius 2 is 2.22 bits per heavy atom. The summed E-state index contributed by atoms with van der Waals surface area (Å²) in [5.74, 6) is 0.568. The van der Waals surface area contributed by atoms with Crippen LogP contribution in [0.25, 0.3) is 0 Å². The molecule has 3 aliphatic rings. The highest BCUT2D eigenvalue weighted by atomic mass is 19.3. The van der Waals surface area contributed by atoms with Gasteiger partial charge in [0.15, 0.2) is 11.6 Å². The molecule has 1 aromatic heterocycles. The molecule has 1 unspecified atom stereocenters. The zero-order valence-electron chi connectivity index (χ0n) is 18.6. The molecule has 4 rings (SSSR count). The number of nitrogens with zero attached hydrogens (tertiary/aromatic N) is 2. The molecule has 9 heteroatoms. The molecule has 7 nitrogen and oxygen atoms in total. The second kappa shape index (κ2) is 9.80. The van der Waals surface area contributed by atoms with Crippen LogP contribution in [0.5, 0.6) is 5.75 Å². The number of rotatable bonds is 10. The van der Waals surface area contributed by atoms with E-state index in [9.17, 15) is 8.78 Å². The number of halogens is 2. The average Bonchev–Trinajstić information content (AvgIpc) is 3.33. The second-order valence-electron chi connectivity index (χ2n) is 9.47. The van der Waals surface area contributed by atoms with Gasteiger partial charge in [-0.25, -0.2) is 4.98 Å². The molecule has 1 aromatic rings. The van der Waals surface area contributed by atoms with Crippen LogP contribution in [-0.4, -0.2) is 60.6 Å². The van der Waals surface area contributed by atoms with E-state index in [1.165, 1.54) is 37.9 Å². The Bertz CT molecular complexity index is 846. The van der Waals surface area contributed by atoms with Crippen molar-refractivity contribution in [3.8, 4) is 5.75 Å². The highest BCUT2D eigenvalue weighted by Crippen LogP contribution is 2.66. The van der Waals surface area contributed by atoms with Crippen LogP contribution in [-0.2, 0) is 4.74 Å². The number of nitrogens with two attached hydrogens (primary N) is 2. The number of nitrogen functional groups attached to an aromatic ring is 1. The smallest absolute Gasteiger partial charge is 0.387 e. The van der Waals surface area contributed by atoms with Gasteiger partial charge in [-0.1, -0.05) is 0 Å². The summed E-state index contributed by atoms with van der Waals surface area (Å²) in [5, 5.41) is 10.3. The number of fused-ring (bicyclic) bond motifs is 1. The van der Waals surface area contributed by atoms with Crippen molar-refractivity contribution in [1.29, 1.82) is 5.41 Å². The number of aromatic nitrogens is 1. The number of hydrogen-bond donors (Lipinski definition) is 3. The molecular weight excluding hydrogens is 416 g/mol. The van der Waals surface area contributed by atoms with Gasteiger partial charge in [-0.3, -0.25) is 4.90 Å². The van der Waals surface area contributed by atoms with Crippen LogP contribution >= 0.6 is 0 Å². The van der Waals surface area contributed by atoms with E-state index in [-0.39, 0.29) is 17.3 Å². The van der Waals surface area contributed by atoms with Gasteiger partial charge < -0.3 is 25.9 Å². The minimum absolute atomic E-state index is 0.119. The Hall–Kier alpha value is -2.10. The highest BCUT2D eigenvalue weighted by molar-refractivity contribution is 6.06. The molecule has 0 radical (unpaired) electrons. The lowest BCUT2D eigenvalue weighted by molar-refractivity contribution is -0.623. The van der Waals surface area contributed by atoms with E-state index in [0.29, 0.717) is 17.0 Å². The summed E-state index contributed by atoms with van der Waals surface area (Å²) in [7, 11) is 0. The van der Waals surface area contributed by atoms with Crippen molar-refractivity contribution in [2.24, 2.45) is 11.3 Å². The quantitative estimate of drug-likeness (QED) is 0.475. The highest BCUT2D eigenvalue weighted by Gasteiger charge is 2.60. The number of allylic oxidation sites excluding steroid dienone is 1. The number of ether oxygens (including phenoxy) is 2. The van der Waals surface area contributed by atoms with Crippen molar-refractivity contribution >= 4 is 11.5 Å². The number of anilines is 1. The minimum atomic E-state index is -2.98. The number of quaternary nitrogens is 1. The first-order chi connectivity index (χ1) is 15.4. The summed E-state index contributed by atoms with van der Waals surface area (Å²) >= 11 is 0. The lowest BCUT2D eigenvalue weighted by Crippen LogP contribution is -2.83. The van der Waals surface area contributed by atoms with E-state index in [2.05, 4.69) is 26.9 Å². The maximum atomic E-state index is 12.5. The van der Waals surface area contributed by atoms with Crippen LogP contribution in [0.3, 0.4) is 0 Å². The van der Waals surface area contributed by atoms with E-state index in [4.69, 9.17) is 15.9 Å². The van der Waals surface area contributed by atoms with Gasteiger partial charge in [-0.2, -0.15) is 8.78 Å². The Kier molecular flexibility index (Phi) is 7.07. The van der Waals surface area contributed by atoms with Crippen molar-refractivity contribution in [2.75, 3.05) is 32.0 Å². The Labute approximate surface area is 187 Å². The lowest BCUT2D eigenvalue weighted by Gasteiger charge is -2.33. The first-order valence-electron chi connectivity index (χ1n) is 11.5. The van der Waals surface area contributed by atoms with Gasteiger partial charge in [-0.15, -0.1) is 0 Å². The fourth-order valence-electron chi connectivity index (χ4n) is 5.37. The van der Waals surface area contributed by atoms with Crippen molar-refractivity contribution in [3.63, 3.8) is 0 Å². The van der Waals surface area contributed by atoms with Crippen molar-refractivity contribution in [1.82, 2.24) is 9.88 Å². The molecular formula is C23H34F2N5O2+. The molecule has 2 aliphatic carbocycles. The molecule has 0 bridgehead atoms. The minimum Gasteiger partial charge on any atom is -0.431 e. The molecule has 0 amide bonds. The summed E-state index contributed by atoms with van der Waals surface area (Å²) < 4.78 is 34.8. The van der Waals surface area contributed by atoms with Crippen molar-refractivity contribution in [2.45, 2.75) is 57.7 Å². The third-order valence-electron chi connectivity index (χ3n) is 7.33. The van der Waals surface area contributed by atoms with E-state index >= 15 is 0 Å². The van der Waals surface area contributed by atoms with Gasteiger partial charge in [0.2, 0.25) is 0 Å². The summed E-state index contributed by atoms with van der Waals surface area (Å²) in [6.07, 6.45) is 11.4. The molecule has 32 heavy (non-hydrogen) atoms. The maximum absolute atomic E-state index is 12.5. The Morgan fingerprint density at radius 1 is 1.44 bits per heavy atom. The zero-order chi connectivity index (χ0) is 22.7. The van der Waals surface area contributed by atoms with Gasteiger partial charge in [0.05, 0.1) is 31.2 Å². The topological polar surface area (TPSA) is 101 Å². The van der Waals surface area contributed by atoms with Gasteiger partial charge in [0.25, 0.3) is 0 Å². The predicted molar refractivity (Wildman–Crippen MR) is 118 cm³/mol. The normalized spacial score (nSPS) is 28.8. The molecule has 4 atom stereocenters. The zero-order valence-corrected chi connectivity index (χ0v) is 18.6. The second-order valence-corrected chi connectivity index (χ2v) is 9.47. The largest absolute Gasteiger partial charge is 0.431 e. The summed E-state index contributed by atoms with van der Waals surface area (Å²) in [6.45, 7) is 3.11. The fourth-order valence-corrected chi connectivity index (χ4v) is 5.37. The molecule has 176 valence electrons. The number of nitrogens with one attached hydrogen (secondary N) is 1. The van der Waals surface area contributed by atoms with Crippen LogP contribution < -0.4 is 15.8 Å². The van der Waals surface area contributed by atoms with Gasteiger partial charge >= 0.3 is 6.61 Å². The van der Waals surface area contributed by atoms with Crippen LogP contribution in [0.2, 0.25) is 0 Å². The summed E-state index contributed by atoms with van der Waals surface area (Å²) in [5.41, 5.74) is 6.66. The molecule has 5 N–H and O–H groups in total. The SMILES string of the molecule is CC(CC[C@]12C[C@@H](N3CCOCC3)C[C@H]1C2)[NH2+]/C=C\C(=N)c1cnc(N)c(OC(F)F)c1. The van der Waals surface area contributed by atoms with Gasteiger partial charge in [0.1, 0.15) is 0 Å². The van der Waals surface area contributed by atoms with Crippen LogP contribution in [0.15, 0.2) is 24.5 Å². The van der Waals surface area contributed by atoms with E-state index in [1.54, 1.807) is 6.08 Å². The van der Waals surface area contributed by atoms with Crippen molar-refractivity contribution < 1.29 is 23.6 Å². The maximum Gasteiger partial charge on any atom is 0.387 e. The van der Waals surface area contributed by atoms with Gasteiger partial charge in [0, 0.05) is 37.0 Å².